The minimum Gasteiger partial charge on any atom is -0.508 e. The lowest BCUT2D eigenvalue weighted by molar-refractivity contribution is 0.0264. The van der Waals surface area contributed by atoms with E-state index >= 15 is 0 Å². The molecular formula is C31H28N2O13. The van der Waals surface area contributed by atoms with Crippen LogP contribution < -0.4 is 5.32 Å². The molecule has 0 bridgehead atoms. The second-order valence-electron chi connectivity index (χ2n) is 9.88. The van der Waals surface area contributed by atoms with Crippen LogP contribution in [-0.4, -0.2) is 102 Å². The van der Waals surface area contributed by atoms with Crippen molar-refractivity contribution in [3.05, 3.63) is 88.0 Å². The minimum atomic E-state index is -1.15. The lowest BCUT2D eigenvalue weighted by atomic mass is 9.92. The summed E-state index contributed by atoms with van der Waals surface area (Å²) in [5.41, 5.74) is -2.47. The van der Waals surface area contributed by atoms with Gasteiger partial charge in [-0.2, -0.15) is 0 Å². The summed E-state index contributed by atoms with van der Waals surface area (Å²) in [7, 11) is 3.19. The van der Waals surface area contributed by atoms with Crippen molar-refractivity contribution in [3.63, 3.8) is 0 Å². The molecular weight excluding hydrogens is 608 g/mol. The Hall–Kier alpha value is -6.12. The van der Waals surface area contributed by atoms with Gasteiger partial charge in [0, 0.05) is 12.1 Å². The van der Waals surface area contributed by atoms with Gasteiger partial charge in [0.1, 0.15) is 23.4 Å². The summed E-state index contributed by atoms with van der Waals surface area (Å²) in [5.74, 6) is -6.60. The van der Waals surface area contributed by atoms with Crippen molar-refractivity contribution >= 4 is 35.7 Å². The standard InChI is InChI=1S/C31H28N2O13/c1-43-29(40)18-5-4-6-21(35)24(18)26(37)25-19(30(41)44-2)11-16(12-22(25)36)28(39)46-23-14-33(31(42)45-3)13-20(23)32-27(38)15-7-9-17(34)10-8-15/h4-12,20,23,34-36H,13-14H2,1-3H3,(H,32,38)/t20-,23-/m0/s1. The molecule has 15 heteroatoms. The van der Waals surface area contributed by atoms with Crippen molar-refractivity contribution < 1.29 is 63.0 Å². The number of likely N-dealkylation sites (tertiary alicyclic amines) is 1. The highest BCUT2D eigenvalue weighted by molar-refractivity contribution is 6.21. The van der Waals surface area contributed by atoms with Gasteiger partial charge in [0.15, 0.2) is 0 Å². The van der Waals surface area contributed by atoms with Crippen LogP contribution in [0.1, 0.15) is 57.4 Å². The van der Waals surface area contributed by atoms with Crippen molar-refractivity contribution in [2.75, 3.05) is 34.4 Å². The molecule has 0 saturated carbocycles. The Bertz CT molecular complexity index is 1720. The van der Waals surface area contributed by atoms with Crippen LogP contribution in [0.5, 0.6) is 17.2 Å². The number of carbonyl (C=O) groups excluding carboxylic acids is 6. The molecule has 0 radical (unpaired) electrons. The fourth-order valence-electron chi connectivity index (χ4n) is 4.82. The second-order valence-corrected chi connectivity index (χ2v) is 9.88. The molecule has 0 aliphatic carbocycles. The third-order valence-electron chi connectivity index (χ3n) is 7.06. The summed E-state index contributed by atoms with van der Waals surface area (Å²) < 4.78 is 19.8. The molecule has 1 aliphatic heterocycles. The fraction of sp³-hybridized carbons (Fsp3) is 0.226. The maximum Gasteiger partial charge on any atom is 0.409 e. The Kier molecular flexibility index (Phi) is 9.74. The maximum absolute atomic E-state index is 13.6. The molecule has 1 fully saturated rings. The molecule has 3 aromatic carbocycles. The number of phenols is 3. The lowest BCUT2D eigenvalue weighted by Crippen LogP contribution is -2.44. The Morgan fingerprint density at radius 3 is 1.98 bits per heavy atom. The summed E-state index contributed by atoms with van der Waals surface area (Å²) in [6.07, 6.45) is -1.90. The number of rotatable bonds is 8. The van der Waals surface area contributed by atoms with E-state index < -0.39 is 81.6 Å². The molecule has 15 nitrogen and oxygen atoms in total. The van der Waals surface area contributed by atoms with Crippen LogP contribution in [-0.2, 0) is 18.9 Å². The van der Waals surface area contributed by atoms with Gasteiger partial charge in [-0.3, -0.25) is 9.59 Å². The lowest BCUT2D eigenvalue weighted by Gasteiger charge is -2.20. The molecule has 4 rings (SSSR count). The van der Waals surface area contributed by atoms with Gasteiger partial charge in [0.2, 0.25) is 5.78 Å². The number of hydrogen-bond donors (Lipinski definition) is 4. The molecule has 0 aromatic heterocycles. The average molecular weight is 637 g/mol. The van der Waals surface area contributed by atoms with E-state index in [2.05, 4.69) is 10.1 Å². The summed E-state index contributed by atoms with van der Waals surface area (Å²) in [4.78, 5) is 78.3. The first-order chi connectivity index (χ1) is 21.9. The van der Waals surface area contributed by atoms with Crippen LogP contribution in [0.2, 0.25) is 0 Å². The number of ether oxygens (including phenoxy) is 4. The number of nitrogens with one attached hydrogen (secondary N) is 1. The van der Waals surface area contributed by atoms with Crippen LogP contribution in [0.15, 0.2) is 54.6 Å². The van der Waals surface area contributed by atoms with Gasteiger partial charge in [-0.1, -0.05) is 6.07 Å². The number of phenolic OH excluding ortho intramolecular Hbond substituents is 3. The summed E-state index contributed by atoms with van der Waals surface area (Å²) in [6, 6.07) is 9.72. The summed E-state index contributed by atoms with van der Waals surface area (Å²) >= 11 is 0. The molecule has 1 saturated heterocycles. The molecule has 2 atom stereocenters. The number of carbonyl (C=O) groups is 6. The molecule has 1 heterocycles. The molecule has 46 heavy (non-hydrogen) atoms. The minimum absolute atomic E-state index is 0.0622. The topological polar surface area (TPSA) is 215 Å². The summed E-state index contributed by atoms with van der Waals surface area (Å²) in [5, 5.41) is 33.5. The van der Waals surface area contributed by atoms with Crippen molar-refractivity contribution in [2.45, 2.75) is 12.1 Å². The molecule has 3 aromatic rings. The zero-order valence-electron chi connectivity index (χ0n) is 24.6. The number of esters is 3. The molecule has 2 amide bonds. The fourth-order valence-corrected chi connectivity index (χ4v) is 4.82. The van der Waals surface area contributed by atoms with Gasteiger partial charge in [-0.05, 0) is 48.5 Å². The highest BCUT2D eigenvalue weighted by atomic mass is 16.6. The number of hydrogen-bond acceptors (Lipinski definition) is 13. The van der Waals surface area contributed by atoms with Gasteiger partial charge < -0.3 is 44.5 Å². The Morgan fingerprint density at radius 2 is 1.35 bits per heavy atom. The predicted molar refractivity (Wildman–Crippen MR) is 155 cm³/mol. The van der Waals surface area contributed by atoms with E-state index in [1.54, 1.807) is 0 Å². The van der Waals surface area contributed by atoms with Crippen LogP contribution in [0.4, 0.5) is 4.79 Å². The first-order valence-electron chi connectivity index (χ1n) is 13.4. The first kappa shape index (κ1) is 32.8. The average Bonchev–Trinajstić information content (AvgIpc) is 3.44. The maximum atomic E-state index is 13.6. The number of benzene rings is 3. The molecule has 0 unspecified atom stereocenters. The first-order valence-corrected chi connectivity index (χ1v) is 13.4. The molecule has 1 aliphatic rings. The highest BCUT2D eigenvalue weighted by Gasteiger charge is 2.40. The third-order valence-corrected chi connectivity index (χ3v) is 7.06. The summed E-state index contributed by atoms with van der Waals surface area (Å²) in [6.45, 7) is -0.307. The zero-order chi connectivity index (χ0) is 33.7. The quantitative estimate of drug-likeness (QED) is 0.158. The molecule has 240 valence electrons. The zero-order valence-corrected chi connectivity index (χ0v) is 24.6. The largest absolute Gasteiger partial charge is 0.508 e. The SMILES string of the molecule is COC(=O)c1cccc(O)c1C(=O)c1c(O)cc(C(=O)O[C@H]2CN(C(=O)OC)C[C@@H]2NC(=O)c2ccc(O)cc2)cc1C(=O)OC. The van der Waals surface area contributed by atoms with Crippen LogP contribution in [0, 0.1) is 0 Å². The number of ketones is 1. The van der Waals surface area contributed by atoms with Crippen molar-refractivity contribution in [3.8, 4) is 17.2 Å². The second kappa shape index (κ2) is 13.7. The van der Waals surface area contributed by atoms with E-state index in [0.717, 1.165) is 39.5 Å². The van der Waals surface area contributed by atoms with Crippen LogP contribution >= 0.6 is 0 Å². The smallest absolute Gasteiger partial charge is 0.409 e. The van der Waals surface area contributed by atoms with E-state index in [-0.39, 0.29) is 30.0 Å². The van der Waals surface area contributed by atoms with Gasteiger partial charge in [0.25, 0.3) is 5.91 Å². The van der Waals surface area contributed by atoms with Crippen LogP contribution in [0.25, 0.3) is 0 Å². The van der Waals surface area contributed by atoms with Gasteiger partial charge in [-0.25, -0.2) is 19.2 Å². The number of methoxy groups -OCH3 is 3. The number of amides is 2. The molecule has 4 N–H and O–H groups in total. The number of nitrogens with zero attached hydrogens (tertiary/aromatic N) is 1. The van der Waals surface area contributed by atoms with Gasteiger partial charge in [-0.15, -0.1) is 0 Å². The normalized spacial score (nSPS) is 15.4. The van der Waals surface area contributed by atoms with Crippen molar-refractivity contribution in [2.24, 2.45) is 0 Å². The van der Waals surface area contributed by atoms with Crippen molar-refractivity contribution in [1.29, 1.82) is 0 Å². The Balaban J connectivity index is 1.67. The van der Waals surface area contributed by atoms with E-state index in [0.29, 0.717) is 0 Å². The monoisotopic (exact) mass is 636 g/mol. The Morgan fingerprint density at radius 1 is 0.717 bits per heavy atom. The van der Waals surface area contributed by atoms with E-state index in [1.165, 1.54) is 41.3 Å². The van der Waals surface area contributed by atoms with E-state index in [9.17, 15) is 44.1 Å². The highest BCUT2D eigenvalue weighted by Crippen LogP contribution is 2.33. The Labute approximate surface area is 260 Å². The van der Waals surface area contributed by atoms with Crippen molar-refractivity contribution in [1.82, 2.24) is 10.2 Å². The van der Waals surface area contributed by atoms with E-state index in [1.807, 2.05) is 0 Å². The predicted octanol–water partition coefficient (Wildman–Crippen LogP) is 2.01. The third kappa shape index (κ3) is 6.67. The number of aromatic hydroxyl groups is 3. The van der Waals surface area contributed by atoms with Gasteiger partial charge in [0.05, 0.1) is 61.7 Å². The van der Waals surface area contributed by atoms with Crippen LogP contribution in [0.3, 0.4) is 0 Å². The van der Waals surface area contributed by atoms with Gasteiger partial charge >= 0.3 is 24.0 Å². The van der Waals surface area contributed by atoms with E-state index in [4.69, 9.17) is 14.2 Å². The molecule has 0 spiro atoms.